The standard InChI is InChI=1S/C18H28N6O3/c1-27-13-12-23-8-3-2-4-16(18(23)26)15-5-9-22(10-6-15)17(25)7-11-24-14-19-20-21-24/h2-3,14-16H,4-13H2,1H3. The second-order valence-corrected chi connectivity index (χ2v) is 7.13. The predicted octanol–water partition coefficient (Wildman–Crippen LogP) is 0.353. The van der Waals surface area contributed by atoms with Crippen LogP contribution in [0.25, 0.3) is 0 Å². The molecule has 9 nitrogen and oxygen atoms in total. The van der Waals surface area contributed by atoms with Crippen molar-refractivity contribution < 1.29 is 14.3 Å². The molecule has 148 valence electrons. The highest BCUT2D eigenvalue weighted by Gasteiger charge is 2.34. The molecule has 0 radical (unpaired) electrons. The fraction of sp³-hybridized carbons (Fsp3) is 0.722. The number of amides is 2. The predicted molar refractivity (Wildman–Crippen MR) is 97.4 cm³/mol. The summed E-state index contributed by atoms with van der Waals surface area (Å²) in [5.74, 6) is 0.686. The van der Waals surface area contributed by atoms with Gasteiger partial charge in [0.15, 0.2) is 0 Å². The number of carbonyl (C=O) groups excluding carboxylic acids is 2. The lowest BCUT2D eigenvalue weighted by Gasteiger charge is -2.36. The second kappa shape index (κ2) is 9.59. The molecular weight excluding hydrogens is 348 g/mol. The lowest BCUT2D eigenvalue weighted by Crippen LogP contribution is -2.44. The zero-order valence-electron chi connectivity index (χ0n) is 15.9. The highest BCUT2D eigenvalue weighted by atomic mass is 16.5. The summed E-state index contributed by atoms with van der Waals surface area (Å²) in [5.41, 5.74) is 0. The molecule has 1 unspecified atom stereocenters. The number of hydrogen-bond acceptors (Lipinski definition) is 6. The second-order valence-electron chi connectivity index (χ2n) is 7.13. The summed E-state index contributed by atoms with van der Waals surface area (Å²) in [6.45, 7) is 3.76. The van der Waals surface area contributed by atoms with Crippen LogP contribution in [-0.4, -0.2) is 81.7 Å². The van der Waals surface area contributed by atoms with Crippen LogP contribution in [-0.2, 0) is 20.9 Å². The minimum absolute atomic E-state index is 0.0130. The summed E-state index contributed by atoms with van der Waals surface area (Å²) in [6, 6.07) is 0. The average Bonchev–Trinajstić information content (AvgIpc) is 3.15. The van der Waals surface area contributed by atoms with Gasteiger partial charge in [0.1, 0.15) is 6.33 Å². The molecule has 2 aliphatic rings. The van der Waals surface area contributed by atoms with E-state index in [2.05, 4.69) is 27.7 Å². The van der Waals surface area contributed by atoms with Crippen LogP contribution in [0.2, 0.25) is 0 Å². The number of rotatable bonds is 7. The molecule has 3 rings (SSSR count). The molecule has 0 bridgehead atoms. The third-order valence-electron chi connectivity index (χ3n) is 5.48. The average molecular weight is 376 g/mol. The minimum Gasteiger partial charge on any atom is -0.383 e. The summed E-state index contributed by atoms with van der Waals surface area (Å²) >= 11 is 0. The Balaban J connectivity index is 1.49. The fourth-order valence-corrected chi connectivity index (χ4v) is 3.87. The van der Waals surface area contributed by atoms with E-state index in [1.165, 1.54) is 6.33 Å². The molecule has 27 heavy (non-hydrogen) atoms. The zero-order valence-corrected chi connectivity index (χ0v) is 15.9. The molecule has 2 amide bonds. The molecule has 3 heterocycles. The molecule has 2 aliphatic heterocycles. The van der Waals surface area contributed by atoms with Gasteiger partial charge in [-0.15, -0.1) is 5.10 Å². The van der Waals surface area contributed by atoms with Crippen molar-refractivity contribution in [3.63, 3.8) is 0 Å². The minimum atomic E-state index is 0.0130. The van der Waals surface area contributed by atoms with E-state index in [1.54, 1.807) is 11.8 Å². The van der Waals surface area contributed by atoms with Crippen molar-refractivity contribution in [2.45, 2.75) is 32.2 Å². The van der Waals surface area contributed by atoms with Crippen LogP contribution in [0.3, 0.4) is 0 Å². The number of allylic oxidation sites excluding steroid dienone is 1. The van der Waals surface area contributed by atoms with Gasteiger partial charge in [0.25, 0.3) is 0 Å². The number of aromatic nitrogens is 4. The monoisotopic (exact) mass is 376 g/mol. The molecule has 1 atom stereocenters. The van der Waals surface area contributed by atoms with Crippen LogP contribution in [0, 0.1) is 11.8 Å². The van der Waals surface area contributed by atoms with Gasteiger partial charge in [-0.05, 0) is 35.6 Å². The number of methoxy groups -OCH3 is 1. The summed E-state index contributed by atoms with van der Waals surface area (Å²) in [7, 11) is 1.65. The van der Waals surface area contributed by atoms with E-state index in [-0.39, 0.29) is 17.7 Å². The topological polar surface area (TPSA) is 93.4 Å². The first kappa shape index (κ1) is 19.5. The van der Waals surface area contributed by atoms with Crippen molar-refractivity contribution in [1.82, 2.24) is 30.0 Å². The maximum Gasteiger partial charge on any atom is 0.226 e. The van der Waals surface area contributed by atoms with Crippen molar-refractivity contribution in [2.24, 2.45) is 11.8 Å². The van der Waals surface area contributed by atoms with Gasteiger partial charge in [0, 0.05) is 45.6 Å². The zero-order chi connectivity index (χ0) is 19.1. The normalized spacial score (nSPS) is 21.5. The Bertz CT molecular complexity index is 640. The first-order chi connectivity index (χ1) is 13.2. The van der Waals surface area contributed by atoms with Crippen molar-refractivity contribution in [3.05, 3.63) is 18.5 Å². The molecule has 1 fully saturated rings. The number of nitrogens with zero attached hydrogens (tertiary/aromatic N) is 6. The number of piperidine rings is 1. The highest BCUT2D eigenvalue weighted by molar-refractivity contribution is 5.80. The van der Waals surface area contributed by atoms with E-state index in [1.807, 2.05) is 9.80 Å². The van der Waals surface area contributed by atoms with E-state index < -0.39 is 0 Å². The quantitative estimate of drug-likeness (QED) is 0.638. The molecule has 0 saturated carbocycles. The molecule has 1 aromatic heterocycles. The van der Waals surface area contributed by atoms with Crippen molar-refractivity contribution in [1.29, 1.82) is 0 Å². The first-order valence-corrected chi connectivity index (χ1v) is 9.60. The molecule has 0 N–H and O–H groups in total. The summed E-state index contributed by atoms with van der Waals surface area (Å²) in [6.07, 6.45) is 8.65. The molecule has 1 aromatic rings. The van der Waals surface area contributed by atoms with Crippen molar-refractivity contribution >= 4 is 11.8 Å². The maximum absolute atomic E-state index is 12.9. The Hall–Kier alpha value is -2.29. The fourth-order valence-electron chi connectivity index (χ4n) is 3.87. The number of aryl methyl sites for hydroxylation is 1. The SMILES string of the molecule is COCCN1CC=CCC(C2CCN(C(=O)CCn3cnnn3)CC2)C1=O. The van der Waals surface area contributed by atoms with Crippen LogP contribution < -0.4 is 0 Å². The number of carbonyl (C=O) groups is 2. The van der Waals surface area contributed by atoms with Gasteiger partial charge >= 0.3 is 0 Å². The van der Waals surface area contributed by atoms with E-state index in [0.29, 0.717) is 51.7 Å². The number of hydrogen-bond donors (Lipinski definition) is 0. The largest absolute Gasteiger partial charge is 0.383 e. The van der Waals surface area contributed by atoms with Gasteiger partial charge in [0.05, 0.1) is 13.2 Å². The van der Waals surface area contributed by atoms with E-state index in [9.17, 15) is 9.59 Å². The molecule has 1 saturated heterocycles. The van der Waals surface area contributed by atoms with Crippen LogP contribution >= 0.6 is 0 Å². The third-order valence-corrected chi connectivity index (χ3v) is 5.48. The molecule has 9 heteroatoms. The van der Waals surface area contributed by atoms with Gasteiger partial charge in [0.2, 0.25) is 11.8 Å². The highest BCUT2D eigenvalue weighted by Crippen LogP contribution is 2.30. The van der Waals surface area contributed by atoms with Gasteiger partial charge in [-0.25, -0.2) is 4.68 Å². The van der Waals surface area contributed by atoms with E-state index >= 15 is 0 Å². The van der Waals surface area contributed by atoms with Crippen LogP contribution in [0.15, 0.2) is 18.5 Å². The lowest BCUT2D eigenvalue weighted by molar-refractivity contribution is -0.138. The Morgan fingerprint density at radius 1 is 1.26 bits per heavy atom. The van der Waals surface area contributed by atoms with E-state index in [0.717, 1.165) is 19.3 Å². The van der Waals surface area contributed by atoms with E-state index in [4.69, 9.17) is 4.74 Å². The number of tetrazole rings is 1. The van der Waals surface area contributed by atoms with Crippen molar-refractivity contribution in [3.8, 4) is 0 Å². The molecule has 0 aliphatic carbocycles. The van der Waals surface area contributed by atoms with Crippen LogP contribution in [0.5, 0.6) is 0 Å². The lowest BCUT2D eigenvalue weighted by atomic mass is 9.81. The summed E-state index contributed by atoms with van der Waals surface area (Å²) in [5, 5.41) is 10.9. The third kappa shape index (κ3) is 5.12. The Labute approximate surface area is 159 Å². The number of ether oxygens (including phenoxy) is 1. The molecular formula is C18H28N6O3. The Morgan fingerprint density at radius 2 is 2.07 bits per heavy atom. The van der Waals surface area contributed by atoms with Crippen LogP contribution in [0.1, 0.15) is 25.7 Å². The maximum atomic E-state index is 12.9. The Kier molecular flexibility index (Phi) is 6.92. The van der Waals surface area contributed by atoms with Crippen molar-refractivity contribution in [2.75, 3.05) is 39.9 Å². The number of likely N-dealkylation sites (tertiary alicyclic amines) is 1. The van der Waals surface area contributed by atoms with Gasteiger partial charge in [-0.1, -0.05) is 12.2 Å². The Morgan fingerprint density at radius 3 is 2.78 bits per heavy atom. The van der Waals surface area contributed by atoms with Gasteiger partial charge in [-0.3, -0.25) is 9.59 Å². The molecule has 0 spiro atoms. The van der Waals surface area contributed by atoms with Crippen LogP contribution in [0.4, 0.5) is 0 Å². The summed E-state index contributed by atoms with van der Waals surface area (Å²) < 4.78 is 6.69. The molecule has 0 aromatic carbocycles. The van der Waals surface area contributed by atoms with Gasteiger partial charge < -0.3 is 14.5 Å². The van der Waals surface area contributed by atoms with Gasteiger partial charge in [-0.2, -0.15) is 0 Å². The summed E-state index contributed by atoms with van der Waals surface area (Å²) in [4.78, 5) is 29.1. The first-order valence-electron chi connectivity index (χ1n) is 9.60. The smallest absolute Gasteiger partial charge is 0.226 e.